The smallest absolute Gasteiger partial charge is 0.225 e. The van der Waals surface area contributed by atoms with E-state index in [4.69, 9.17) is 0 Å². The summed E-state index contributed by atoms with van der Waals surface area (Å²) < 4.78 is 14.0. The largest absolute Gasteiger partial charge is 0.508 e. The predicted octanol–water partition coefficient (Wildman–Crippen LogP) is 5.42. The summed E-state index contributed by atoms with van der Waals surface area (Å²) in [4.78, 5) is 28.2. The maximum absolute atomic E-state index is 14.0. The van der Waals surface area contributed by atoms with E-state index in [9.17, 15) is 14.3 Å². The van der Waals surface area contributed by atoms with Gasteiger partial charge in [0.2, 0.25) is 5.91 Å². The zero-order valence-corrected chi connectivity index (χ0v) is 19.6. The van der Waals surface area contributed by atoms with Crippen molar-refractivity contribution in [2.45, 2.75) is 13.3 Å². The molecule has 6 rings (SSSR count). The van der Waals surface area contributed by atoms with Crippen LogP contribution in [0.15, 0.2) is 67.1 Å². The number of rotatable bonds is 5. The van der Waals surface area contributed by atoms with Gasteiger partial charge in [-0.25, -0.2) is 19.3 Å². The first kappa shape index (κ1) is 22.4. The van der Waals surface area contributed by atoms with Crippen LogP contribution in [0.4, 0.5) is 10.2 Å². The van der Waals surface area contributed by atoms with E-state index < -0.39 is 5.82 Å². The second-order valence-electron chi connectivity index (χ2n) is 8.53. The van der Waals surface area contributed by atoms with Crippen LogP contribution in [-0.2, 0) is 4.79 Å². The number of aromatic nitrogens is 6. The molecule has 0 atom stereocenters. The van der Waals surface area contributed by atoms with Gasteiger partial charge in [0.25, 0.3) is 0 Å². The van der Waals surface area contributed by atoms with E-state index in [0.29, 0.717) is 34.8 Å². The number of nitrogens with one attached hydrogen (secondary N) is 3. The van der Waals surface area contributed by atoms with Crippen molar-refractivity contribution in [2.24, 2.45) is 0 Å². The van der Waals surface area contributed by atoms with Crippen molar-refractivity contribution in [1.82, 2.24) is 30.1 Å². The predicted molar refractivity (Wildman–Crippen MR) is 138 cm³/mol. The van der Waals surface area contributed by atoms with Gasteiger partial charge < -0.3 is 15.4 Å². The molecule has 0 aliphatic carbocycles. The van der Waals surface area contributed by atoms with E-state index >= 15 is 0 Å². The Morgan fingerprint density at radius 1 is 0.973 bits per heavy atom. The average Bonchev–Trinajstić information content (AvgIpc) is 3.51. The van der Waals surface area contributed by atoms with Gasteiger partial charge in [-0.2, -0.15) is 5.10 Å². The maximum Gasteiger partial charge on any atom is 0.225 e. The van der Waals surface area contributed by atoms with E-state index in [1.807, 2.05) is 18.2 Å². The lowest BCUT2D eigenvalue weighted by molar-refractivity contribution is -0.115. The molecule has 0 aliphatic heterocycles. The number of phenolic OH excluding ortho intramolecular Hbond substituents is 1. The molecule has 1 aromatic carbocycles. The minimum Gasteiger partial charge on any atom is -0.508 e. The van der Waals surface area contributed by atoms with Crippen LogP contribution in [-0.4, -0.2) is 41.1 Å². The summed E-state index contributed by atoms with van der Waals surface area (Å²) in [5.41, 5.74) is 5.51. The Morgan fingerprint density at radius 3 is 2.68 bits per heavy atom. The molecule has 4 N–H and O–H groups in total. The third kappa shape index (κ3) is 4.14. The molecule has 0 saturated heterocycles. The highest BCUT2D eigenvalue weighted by atomic mass is 19.1. The van der Waals surface area contributed by atoms with E-state index in [1.54, 1.807) is 37.6 Å². The minimum absolute atomic E-state index is 0.115. The van der Waals surface area contributed by atoms with Crippen LogP contribution in [0.5, 0.6) is 5.75 Å². The quantitative estimate of drug-likeness (QED) is 0.253. The number of carbonyl (C=O) groups is 1. The molecule has 0 fully saturated rings. The highest BCUT2D eigenvalue weighted by molar-refractivity contribution is 6.00. The van der Waals surface area contributed by atoms with Crippen molar-refractivity contribution in [1.29, 1.82) is 0 Å². The molecule has 182 valence electrons. The molecule has 0 radical (unpaired) electrons. The van der Waals surface area contributed by atoms with Crippen molar-refractivity contribution < 1.29 is 14.3 Å². The molecule has 6 aromatic rings. The Bertz CT molecular complexity index is 1790. The van der Waals surface area contributed by atoms with Gasteiger partial charge in [0.15, 0.2) is 5.65 Å². The number of halogens is 1. The molecule has 5 heterocycles. The molecule has 37 heavy (non-hydrogen) atoms. The summed E-state index contributed by atoms with van der Waals surface area (Å²) in [5.74, 6) is -0.324. The fraction of sp³-hybridized carbons (Fsp3) is 0.0741. The van der Waals surface area contributed by atoms with Crippen LogP contribution >= 0.6 is 0 Å². The van der Waals surface area contributed by atoms with Gasteiger partial charge in [0, 0.05) is 47.4 Å². The molecule has 5 aromatic heterocycles. The average molecular weight is 494 g/mol. The summed E-state index contributed by atoms with van der Waals surface area (Å²) in [5, 5.41) is 21.6. The van der Waals surface area contributed by atoms with Gasteiger partial charge in [-0.1, -0.05) is 6.92 Å². The minimum atomic E-state index is -0.526. The van der Waals surface area contributed by atoms with E-state index in [1.165, 1.54) is 12.1 Å². The fourth-order valence-electron chi connectivity index (χ4n) is 4.32. The molecule has 0 aliphatic rings. The third-order valence-corrected chi connectivity index (χ3v) is 6.09. The molecular weight excluding hydrogens is 473 g/mol. The Hall–Kier alpha value is -5.12. The molecule has 9 nitrogen and oxygen atoms in total. The number of amides is 1. The zero-order chi connectivity index (χ0) is 25.5. The first-order chi connectivity index (χ1) is 18.0. The van der Waals surface area contributed by atoms with Crippen LogP contribution in [0, 0.1) is 5.82 Å². The summed E-state index contributed by atoms with van der Waals surface area (Å²) >= 11 is 0. The normalized spacial score (nSPS) is 11.3. The zero-order valence-electron chi connectivity index (χ0n) is 19.6. The lowest BCUT2D eigenvalue weighted by atomic mass is 10.0. The Balaban J connectivity index is 1.43. The number of H-pyrrole nitrogens is 2. The number of aromatic hydroxyl groups is 1. The van der Waals surface area contributed by atoms with E-state index in [2.05, 4.69) is 35.5 Å². The van der Waals surface area contributed by atoms with Crippen LogP contribution in [0.2, 0.25) is 0 Å². The van der Waals surface area contributed by atoms with Gasteiger partial charge in [0.1, 0.15) is 23.0 Å². The summed E-state index contributed by atoms with van der Waals surface area (Å²) in [6.07, 6.45) is 5.34. The highest BCUT2D eigenvalue weighted by Crippen LogP contribution is 2.35. The van der Waals surface area contributed by atoms with Crippen LogP contribution in [0.3, 0.4) is 0 Å². The Morgan fingerprint density at radius 2 is 1.84 bits per heavy atom. The molecule has 10 heteroatoms. The number of nitrogens with zero attached hydrogens (tertiary/aromatic N) is 4. The van der Waals surface area contributed by atoms with E-state index in [0.717, 1.165) is 39.2 Å². The SMILES string of the molecule is CCC(=O)Nc1cc(-c2cnc3n[nH]c(-c4cc5c(-c6cc(O)cc(F)c6)ccnc5[nH]4)c3c2)ccn1. The number of anilines is 1. The second-order valence-corrected chi connectivity index (χ2v) is 8.53. The number of fused-ring (bicyclic) bond motifs is 2. The second kappa shape index (κ2) is 8.83. The van der Waals surface area contributed by atoms with Crippen molar-refractivity contribution >= 4 is 33.8 Å². The van der Waals surface area contributed by atoms with E-state index in [-0.39, 0.29) is 11.7 Å². The van der Waals surface area contributed by atoms with Crippen LogP contribution in [0.25, 0.3) is 55.7 Å². The number of benzene rings is 1. The van der Waals surface area contributed by atoms with Crippen LogP contribution < -0.4 is 5.32 Å². The number of carbonyl (C=O) groups excluding carboxylic acids is 1. The number of hydrogen-bond donors (Lipinski definition) is 4. The molecule has 0 unspecified atom stereocenters. The molecule has 0 saturated carbocycles. The summed E-state index contributed by atoms with van der Waals surface area (Å²) in [7, 11) is 0. The number of aromatic amines is 2. The summed E-state index contributed by atoms with van der Waals surface area (Å²) in [6, 6.07) is 13.2. The fourth-order valence-corrected chi connectivity index (χ4v) is 4.32. The Kier molecular flexibility index (Phi) is 5.33. The van der Waals surface area contributed by atoms with Crippen molar-refractivity contribution in [3.63, 3.8) is 0 Å². The molecular formula is C27H20FN7O2. The van der Waals surface area contributed by atoms with Gasteiger partial charge in [0.05, 0.1) is 11.4 Å². The number of hydrogen-bond acceptors (Lipinski definition) is 6. The summed E-state index contributed by atoms with van der Waals surface area (Å²) in [6.45, 7) is 1.78. The van der Waals surface area contributed by atoms with Crippen molar-refractivity contribution in [2.75, 3.05) is 5.32 Å². The standard InChI is InChI=1S/C27H20FN7O2/c1-2-24(37)33-23-10-14(3-5-29-23)16-9-21-25(34-35-27(21)31-13-16)22-12-20-19(4-6-30-26(20)32-22)15-7-17(28)11-18(36)8-15/h3-13,36H,2H2,1H3,(H,30,32)(H,29,33,37)(H,31,34,35). The maximum atomic E-state index is 14.0. The van der Waals surface area contributed by atoms with Gasteiger partial charge in [-0.15, -0.1) is 0 Å². The van der Waals surface area contributed by atoms with Crippen LogP contribution in [0.1, 0.15) is 13.3 Å². The Labute approximate surface area is 209 Å². The molecule has 1 amide bonds. The number of phenols is 1. The lowest BCUT2D eigenvalue weighted by Gasteiger charge is -2.06. The topological polar surface area (TPSA) is 132 Å². The van der Waals surface area contributed by atoms with Crippen molar-refractivity contribution in [3.05, 3.63) is 72.9 Å². The van der Waals surface area contributed by atoms with Gasteiger partial charge in [-0.3, -0.25) is 9.89 Å². The van der Waals surface area contributed by atoms with Gasteiger partial charge in [-0.05, 0) is 59.2 Å². The first-order valence-corrected chi connectivity index (χ1v) is 11.6. The third-order valence-electron chi connectivity index (χ3n) is 6.09. The number of pyridine rings is 3. The highest BCUT2D eigenvalue weighted by Gasteiger charge is 2.16. The lowest BCUT2D eigenvalue weighted by Crippen LogP contribution is -2.10. The molecule has 0 spiro atoms. The van der Waals surface area contributed by atoms with Gasteiger partial charge >= 0.3 is 0 Å². The molecule has 0 bridgehead atoms. The van der Waals surface area contributed by atoms with Crippen molar-refractivity contribution in [3.8, 4) is 39.4 Å². The first-order valence-electron chi connectivity index (χ1n) is 11.6. The monoisotopic (exact) mass is 493 g/mol.